The van der Waals surface area contributed by atoms with Crippen molar-refractivity contribution in [1.29, 1.82) is 0 Å². The SMILES string of the molecule is Cc1cc(OCc2cccc(O)c2)ccc1C(=O)O. The quantitative estimate of drug-likeness (QED) is 0.884. The van der Waals surface area contributed by atoms with Crippen LogP contribution in [0, 0.1) is 6.92 Å². The highest BCUT2D eigenvalue weighted by Crippen LogP contribution is 2.19. The van der Waals surface area contributed by atoms with Crippen LogP contribution in [-0.4, -0.2) is 16.2 Å². The van der Waals surface area contributed by atoms with Gasteiger partial charge in [-0.3, -0.25) is 0 Å². The van der Waals surface area contributed by atoms with Gasteiger partial charge in [-0.1, -0.05) is 12.1 Å². The molecule has 0 saturated heterocycles. The predicted molar refractivity (Wildman–Crippen MR) is 70.6 cm³/mol. The minimum Gasteiger partial charge on any atom is -0.508 e. The number of carboxylic acid groups (broad SMARTS) is 1. The molecule has 0 bridgehead atoms. The molecule has 2 aromatic rings. The maximum atomic E-state index is 10.9. The molecule has 2 aromatic carbocycles. The first kappa shape index (κ1) is 13.0. The molecule has 4 heteroatoms. The van der Waals surface area contributed by atoms with Crippen molar-refractivity contribution in [2.24, 2.45) is 0 Å². The van der Waals surface area contributed by atoms with E-state index in [4.69, 9.17) is 9.84 Å². The Hall–Kier alpha value is -2.49. The number of hydrogen-bond donors (Lipinski definition) is 2. The van der Waals surface area contributed by atoms with E-state index in [-0.39, 0.29) is 11.3 Å². The van der Waals surface area contributed by atoms with Gasteiger partial charge in [0.1, 0.15) is 18.1 Å². The second kappa shape index (κ2) is 5.44. The summed E-state index contributed by atoms with van der Waals surface area (Å²) in [5.41, 5.74) is 1.77. The van der Waals surface area contributed by atoms with Crippen LogP contribution in [0.4, 0.5) is 0 Å². The lowest BCUT2D eigenvalue weighted by molar-refractivity contribution is 0.0696. The number of phenolic OH excluding ortho intramolecular Hbond substituents is 1. The van der Waals surface area contributed by atoms with Crippen molar-refractivity contribution in [1.82, 2.24) is 0 Å². The number of carboxylic acids is 1. The van der Waals surface area contributed by atoms with E-state index in [0.29, 0.717) is 17.9 Å². The van der Waals surface area contributed by atoms with Crippen molar-refractivity contribution >= 4 is 5.97 Å². The molecular weight excluding hydrogens is 244 g/mol. The summed E-state index contributed by atoms with van der Waals surface area (Å²) in [6.07, 6.45) is 0. The minimum atomic E-state index is -0.947. The summed E-state index contributed by atoms with van der Waals surface area (Å²) in [6.45, 7) is 2.05. The summed E-state index contributed by atoms with van der Waals surface area (Å²) in [5.74, 6) is -0.151. The largest absolute Gasteiger partial charge is 0.508 e. The fraction of sp³-hybridized carbons (Fsp3) is 0.133. The number of ether oxygens (including phenoxy) is 1. The van der Waals surface area contributed by atoms with Gasteiger partial charge in [-0.15, -0.1) is 0 Å². The second-order valence-corrected chi connectivity index (χ2v) is 4.24. The van der Waals surface area contributed by atoms with Crippen molar-refractivity contribution in [3.05, 3.63) is 59.2 Å². The standard InChI is InChI=1S/C15H14O4/c1-10-7-13(5-6-14(10)15(17)18)19-9-11-3-2-4-12(16)8-11/h2-8,16H,9H2,1H3,(H,17,18). The van der Waals surface area contributed by atoms with E-state index in [0.717, 1.165) is 5.56 Å². The van der Waals surface area contributed by atoms with Gasteiger partial charge in [0, 0.05) is 0 Å². The Morgan fingerprint density at radius 3 is 2.63 bits per heavy atom. The maximum absolute atomic E-state index is 10.9. The Morgan fingerprint density at radius 2 is 2.00 bits per heavy atom. The van der Waals surface area contributed by atoms with Crippen molar-refractivity contribution < 1.29 is 19.7 Å². The highest BCUT2D eigenvalue weighted by molar-refractivity contribution is 5.89. The number of phenols is 1. The normalized spacial score (nSPS) is 10.2. The molecule has 0 atom stereocenters. The maximum Gasteiger partial charge on any atom is 0.335 e. The van der Waals surface area contributed by atoms with E-state index in [9.17, 15) is 9.90 Å². The molecule has 0 aromatic heterocycles. The molecule has 0 radical (unpaired) electrons. The van der Waals surface area contributed by atoms with Gasteiger partial charge in [0.25, 0.3) is 0 Å². The second-order valence-electron chi connectivity index (χ2n) is 4.24. The first-order valence-corrected chi connectivity index (χ1v) is 5.81. The highest BCUT2D eigenvalue weighted by Gasteiger charge is 2.07. The Kier molecular flexibility index (Phi) is 3.71. The summed E-state index contributed by atoms with van der Waals surface area (Å²) in [6, 6.07) is 11.6. The highest BCUT2D eigenvalue weighted by atomic mass is 16.5. The molecular formula is C15H14O4. The van der Waals surface area contributed by atoms with E-state index < -0.39 is 5.97 Å². The number of carbonyl (C=O) groups is 1. The number of rotatable bonds is 4. The van der Waals surface area contributed by atoms with Gasteiger partial charge in [0.15, 0.2) is 0 Å². The first-order chi connectivity index (χ1) is 9.06. The smallest absolute Gasteiger partial charge is 0.335 e. The lowest BCUT2D eigenvalue weighted by Crippen LogP contribution is -2.01. The summed E-state index contributed by atoms with van der Waals surface area (Å²) >= 11 is 0. The van der Waals surface area contributed by atoms with E-state index >= 15 is 0 Å². The van der Waals surface area contributed by atoms with Crippen LogP contribution in [0.3, 0.4) is 0 Å². The third kappa shape index (κ3) is 3.25. The van der Waals surface area contributed by atoms with Crippen LogP contribution in [-0.2, 0) is 6.61 Å². The van der Waals surface area contributed by atoms with Crippen LogP contribution in [0.1, 0.15) is 21.5 Å². The van der Waals surface area contributed by atoms with E-state index in [1.54, 1.807) is 37.3 Å². The molecule has 2 N–H and O–H groups in total. The minimum absolute atomic E-state index is 0.193. The molecule has 0 saturated carbocycles. The average molecular weight is 258 g/mol. The van der Waals surface area contributed by atoms with Gasteiger partial charge in [-0.05, 0) is 48.4 Å². The Bertz CT molecular complexity index is 605. The van der Waals surface area contributed by atoms with Gasteiger partial charge < -0.3 is 14.9 Å². The zero-order chi connectivity index (χ0) is 13.8. The molecule has 0 spiro atoms. The third-order valence-electron chi connectivity index (χ3n) is 2.74. The van der Waals surface area contributed by atoms with E-state index in [1.807, 2.05) is 6.07 Å². The van der Waals surface area contributed by atoms with E-state index in [1.165, 1.54) is 6.07 Å². The monoisotopic (exact) mass is 258 g/mol. The summed E-state index contributed by atoms with van der Waals surface area (Å²) < 4.78 is 5.56. The fourth-order valence-corrected chi connectivity index (χ4v) is 1.78. The molecule has 0 heterocycles. The van der Waals surface area contributed by atoms with Crippen molar-refractivity contribution in [3.63, 3.8) is 0 Å². The Balaban J connectivity index is 2.08. The molecule has 0 unspecified atom stereocenters. The van der Waals surface area contributed by atoms with Crippen LogP contribution in [0.5, 0.6) is 11.5 Å². The Morgan fingerprint density at radius 1 is 1.21 bits per heavy atom. The van der Waals surface area contributed by atoms with Crippen LogP contribution < -0.4 is 4.74 Å². The lowest BCUT2D eigenvalue weighted by Gasteiger charge is -2.08. The summed E-state index contributed by atoms with van der Waals surface area (Å²) in [7, 11) is 0. The molecule has 0 aliphatic heterocycles. The summed E-state index contributed by atoms with van der Waals surface area (Å²) in [4.78, 5) is 10.9. The van der Waals surface area contributed by atoms with Gasteiger partial charge in [-0.25, -0.2) is 4.79 Å². The van der Waals surface area contributed by atoms with Crippen LogP contribution in [0.25, 0.3) is 0 Å². The fourth-order valence-electron chi connectivity index (χ4n) is 1.78. The van der Waals surface area contributed by atoms with Crippen molar-refractivity contribution in [2.45, 2.75) is 13.5 Å². The molecule has 0 fully saturated rings. The molecule has 19 heavy (non-hydrogen) atoms. The van der Waals surface area contributed by atoms with Crippen LogP contribution in [0.15, 0.2) is 42.5 Å². The van der Waals surface area contributed by atoms with Gasteiger partial charge in [0.2, 0.25) is 0 Å². The summed E-state index contributed by atoms with van der Waals surface area (Å²) in [5, 5.41) is 18.3. The number of benzene rings is 2. The van der Waals surface area contributed by atoms with Gasteiger partial charge in [0.05, 0.1) is 5.56 Å². The molecule has 0 aliphatic carbocycles. The first-order valence-electron chi connectivity index (χ1n) is 5.81. The third-order valence-corrected chi connectivity index (χ3v) is 2.74. The number of hydrogen-bond acceptors (Lipinski definition) is 3. The zero-order valence-corrected chi connectivity index (χ0v) is 10.5. The number of aromatic carboxylic acids is 1. The van der Waals surface area contributed by atoms with Crippen molar-refractivity contribution in [3.8, 4) is 11.5 Å². The molecule has 0 amide bonds. The number of aromatic hydroxyl groups is 1. The molecule has 4 nitrogen and oxygen atoms in total. The number of aryl methyl sites for hydroxylation is 1. The van der Waals surface area contributed by atoms with Gasteiger partial charge in [-0.2, -0.15) is 0 Å². The topological polar surface area (TPSA) is 66.8 Å². The average Bonchev–Trinajstić information content (AvgIpc) is 2.36. The van der Waals surface area contributed by atoms with Crippen LogP contribution >= 0.6 is 0 Å². The van der Waals surface area contributed by atoms with E-state index in [2.05, 4.69) is 0 Å². The van der Waals surface area contributed by atoms with Crippen molar-refractivity contribution in [2.75, 3.05) is 0 Å². The lowest BCUT2D eigenvalue weighted by atomic mass is 10.1. The van der Waals surface area contributed by atoms with Crippen LogP contribution in [0.2, 0.25) is 0 Å². The molecule has 0 aliphatic rings. The molecule has 2 rings (SSSR count). The Labute approximate surface area is 110 Å². The molecule has 98 valence electrons. The van der Waals surface area contributed by atoms with Gasteiger partial charge >= 0.3 is 5.97 Å². The zero-order valence-electron chi connectivity index (χ0n) is 10.5. The predicted octanol–water partition coefficient (Wildman–Crippen LogP) is 2.98.